The summed E-state index contributed by atoms with van der Waals surface area (Å²) in [6, 6.07) is 12.3. The van der Waals surface area contributed by atoms with Gasteiger partial charge in [0.2, 0.25) is 10.0 Å². The van der Waals surface area contributed by atoms with E-state index < -0.39 is 26.6 Å². The first-order valence-electron chi connectivity index (χ1n) is 10.5. The molecular weight excluding hydrogens is 466 g/mol. The van der Waals surface area contributed by atoms with Gasteiger partial charge >= 0.3 is 0 Å². The average molecular weight is 487 g/mol. The van der Waals surface area contributed by atoms with Crippen molar-refractivity contribution < 1.29 is 17.2 Å². The van der Waals surface area contributed by atoms with Gasteiger partial charge in [-0.1, -0.05) is 24.3 Å². The number of hydrogen-bond donors (Lipinski definition) is 0. The number of piperazine rings is 1. The summed E-state index contributed by atoms with van der Waals surface area (Å²) in [5.41, 5.74) is 0.721. The molecular formula is C22H20F2N6O3S. The molecule has 1 saturated heterocycles. The Morgan fingerprint density at radius 3 is 2.26 bits per heavy atom. The van der Waals surface area contributed by atoms with E-state index in [9.17, 15) is 22.0 Å². The lowest BCUT2D eigenvalue weighted by Gasteiger charge is -2.33. The summed E-state index contributed by atoms with van der Waals surface area (Å²) >= 11 is 0. The van der Waals surface area contributed by atoms with E-state index >= 15 is 0 Å². The van der Waals surface area contributed by atoms with Gasteiger partial charge in [0.05, 0.1) is 18.6 Å². The number of rotatable bonds is 5. The molecule has 9 nitrogen and oxygen atoms in total. The van der Waals surface area contributed by atoms with Gasteiger partial charge in [-0.2, -0.15) is 14.5 Å². The van der Waals surface area contributed by atoms with E-state index in [0.717, 1.165) is 28.2 Å². The second kappa shape index (κ2) is 8.70. The van der Waals surface area contributed by atoms with Crippen molar-refractivity contribution in [1.29, 1.82) is 0 Å². The van der Waals surface area contributed by atoms with Gasteiger partial charge in [-0.25, -0.2) is 26.6 Å². The van der Waals surface area contributed by atoms with Crippen LogP contribution in [0.1, 0.15) is 0 Å². The van der Waals surface area contributed by atoms with E-state index in [4.69, 9.17) is 0 Å². The summed E-state index contributed by atoms with van der Waals surface area (Å²) in [6.45, 7) is 0.709. The fraction of sp³-hybridized carbons (Fsp3) is 0.227. The Balaban J connectivity index is 1.31. The van der Waals surface area contributed by atoms with Crippen LogP contribution in [0.2, 0.25) is 0 Å². The van der Waals surface area contributed by atoms with Crippen molar-refractivity contribution >= 4 is 20.9 Å². The molecule has 0 aliphatic carbocycles. The van der Waals surface area contributed by atoms with Crippen molar-refractivity contribution in [2.24, 2.45) is 0 Å². The van der Waals surface area contributed by atoms with E-state index in [1.165, 1.54) is 4.68 Å². The van der Waals surface area contributed by atoms with Crippen LogP contribution in [0.25, 0.3) is 16.6 Å². The highest BCUT2D eigenvalue weighted by molar-refractivity contribution is 7.89. The molecule has 0 bridgehead atoms. The zero-order valence-corrected chi connectivity index (χ0v) is 18.7. The SMILES string of the molecule is O=c1c2nn(-c3ccccc3)cc2cnn1CN1CCN(S(=O)(=O)c2c(F)cccc2F)CC1. The summed E-state index contributed by atoms with van der Waals surface area (Å²) in [4.78, 5) is 13.8. The van der Waals surface area contributed by atoms with Crippen molar-refractivity contribution in [2.75, 3.05) is 26.2 Å². The Hall–Kier alpha value is -3.48. The van der Waals surface area contributed by atoms with Crippen LogP contribution in [0.15, 0.2) is 70.6 Å². The average Bonchev–Trinajstić information content (AvgIpc) is 3.27. The van der Waals surface area contributed by atoms with Crippen LogP contribution in [0, 0.1) is 11.6 Å². The first kappa shape index (κ1) is 22.3. The van der Waals surface area contributed by atoms with Crippen molar-refractivity contribution in [3.05, 3.63) is 82.9 Å². The van der Waals surface area contributed by atoms with Crippen LogP contribution in [0.4, 0.5) is 8.78 Å². The predicted molar refractivity (Wildman–Crippen MR) is 120 cm³/mol. The van der Waals surface area contributed by atoms with Gasteiger partial charge in [0.25, 0.3) is 5.56 Å². The monoisotopic (exact) mass is 486 g/mol. The van der Waals surface area contributed by atoms with Crippen molar-refractivity contribution in [1.82, 2.24) is 28.8 Å². The Morgan fingerprint density at radius 1 is 0.912 bits per heavy atom. The molecule has 0 atom stereocenters. The first-order chi connectivity index (χ1) is 16.3. The molecule has 1 fully saturated rings. The maximum absolute atomic E-state index is 14.0. The maximum Gasteiger partial charge on any atom is 0.296 e. The van der Waals surface area contributed by atoms with E-state index in [1.807, 2.05) is 35.2 Å². The Morgan fingerprint density at radius 2 is 1.59 bits per heavy atom. The van der Waals surface area contributed by atoms with Crippen molar-refractivity contribution in [3.63, 3.8) is 0 Å². The standard InChI is InChI=1S/C22H20F2N6O3S/c23-18-7-4-8-19(24)21(18)34(32,33)28-11-9-27(10-12-28)15-30-22(31)20-16(13-25-30)14-29(26-20)17-5-2-1-3-6-17/h1-8,13-14H,9-12,15H2. The van der Waals surface area contributed by atoms with Gasteiger partial charge in [-0.05, 0) is 24.3 Å². The zero-order valence-electron chi connectivity index (χ0n) is 17.9. The molecule has 0 radical (unpaired) electrons. The first-order valence-corrected chi connectivity index (χ1v) is 12.0. The topological polar surface area (TPSA) is 93.3 Å². The lowest BCUT2D eigenvalue weighted by molar-refractivity contribution is 0.143. The quantitative estimate of drug-likeness (QED) is 0.427. The Bertz CT molecular complexity index is 1490. The number of aromatic nitrogens is 4. The molecule has 2 aromatic carbocycles. The third kappa shape index (κ3) is 4.00. The predicted octanol–water partition coefficient (Wildman–Crippen LogP) is 1.82. The molecule has 5 rings (SSSR count). The molecule has 2 aromatic heterocycles. The molecule has 0 N–H and O–H groups in total. The maximum atomic E-state index is 14.0. The Kier molecular flexibility index (Phi) is 5.71. The number of para-hydroxylation sites is 1. The summed E-state index contributed by atoms with van der Waals surface area (Å²) in [7, 11) is -4.32. The molecule has 1 aliphatic heterocycles. The molecule has 1 aliphatic rings. The third-order valence-corrected chi connectivity index (χ3v) is 7.67. The van der Waals surface area contributed by atoms with Crippen LogP contribution in [-0.2, 0) is 16.7 Å². The third-order valence-electron chi connectivity index (χ3n) is 5.72. The lowest BCUT2D eigenvalue weighted by atomic mass is 10.3. The molecule has 3 heterocycles. The van der Waals surface area contributed by atoms with Gasteiger partial charge in [-0.15, -0.1) is 0 Å². The molecule has 0 spiro atoms. The highest BCUT2D eigenvalue weighted by Crippen LogP contribution is 2.23. The molecule has 176 valence electrons. The molecule has 4 aromatic rings. The van der Waals surface area contributed by atoms with Crippen LogP contribution in [-0.4, -0.2) is 63.4 Å². The van der Waals surface area contributed by atoms with E-state index in [1.54, 1.807) is 17.1 Å². The number of sulfonamides is 1. The second-order valence-electron chi connectivity index (χ2n) is 7.88. The zero-order chi connectivity index (χ0) is 23.9. The van der Waals surface area contributed by atoms with Gasteiger partial charge in [0.15, 0.2) is 10.4 Å². The fourth-order valence-corrected chi connectivity index (χ4v) is 5.46. The number of hydrogen-bond acceptors (Lipinski definition) is 6. The van der Waals surface area contributed by atoms with Gasteiger partial charge in [0, 0.05) is 37.8 Å². The number of halogens is 2. The summed E-state index contributed by atoms with van der Waals surface area (Å²) in [5.74, 6) is -2.25. The van der Waals surface area contributed by atoms with Crippen LogP contribution < -0.4 is 5.56 Å². The van der Waals surface area contributed by atoms with Gasteiger partial charge < -0.3 is 0 Å². The van der Waals surface area contributed by atoms with Crippen LogP contribution >= 0.6 is 0 Å². The van der Waals surface area contributed by atoms with E-state index in [-0.39, 0.29) is 43.9 Å². The minimum Gasteiger partial charge on any atom is -0.282 e. The van der Waals surface area contributed by atoms with Gasteiger partial charge in [-0.3, -0.25) is 9.69 Å². The summed E-state index contributed by atoms with van der Waals surface area (Å²) in [6.07, 6.45) is 3.29. The van der Waals surface area contributed by atoms with Gasteiger partial charge in [0.1, 0.15) is 11.6 Å². The highest BCUT2D eigenvalue weighted by Gasteiger charge is 2.33. The van der Waals surface area contributed by atoms with Crippen molar-refractivity contribution in [3.8, 4) is 5.69 Å². The molecule has 0 saturated carbocycles. The molecule has 34 heavy (non-hydrogen) atoms. The molecule has 12 heteroatoms. The number of nitrogens with zero attached hydrogens (tertiary/aromatic N) is 6. The summed E-state index contributed by atoms with van der Waals surface area (Å²) in [5, 5.41) is 9.23. The largest absolute Gasteiger partial charge is 0.296 e. The lowest BCUT2D eigenvalue weighted by Crippen LogP contribution is -2.50. The number of fused-ring (bicyclic) bond motifs is 1. The molecule has 0 amide bonds. The normalized spacial score (nSPS) is 15.7. The minimum absolute atomic E-state index is 0.0235. The van der Waals surface area contributed by atoms with E-state index in [0.29, 0.717) is 5.39 Å². The fourth-order valence-electron chi connectivity index (χ4n) is 3.93. The highest BCUT2D eigenvalue weighted by atomic mass is 32.2. The van der Waals surface area contributed by atoms with Crippen LogP contribution in [0.3, 0.4) is 0 Å². The second-order valence-corrected chi connectivity index (χ2v) is 9.75. The smallest absolute Gasteiger partial charge is 0.282 e. The van der Waals surface area contributed by atoms with Crippen LogP contribution in [0.5, 0.6) is 0 Å². The number of benzene rings is 2. The molecule has 0 unspecified atom stereocenters. The van der Waals surface area contributed by atoms with Crippen molar-refractivity contribution in [2.45, 2.75) is 11.6 Å². The Labute approximate surface area is 193 Å². The summed E-state index contributed by atoms with van der Waals surface area (Å²) < 4.78 is 57.5. The minimum atomic E-state index is -4.32. The van der Waals surface area contributed by atoms with E-state index in [2.05, 4.69) is 10.2 Å².